The highest BCUT2D eigenvalue weighted by molar-refractivity contribution is 5.98. The number of aryl methyl sites for hydroxylation is 1. The number of nitrogens with zero attached hydrogens (tertiary/aromatic N) is 3. The van der Waals surface area contributed by atoms with Gasteiger partial charge in [0.2, 0.25) is 0 Å². The second-order valence-corrected chi connectivity index (χ2v) is 4.93. The molecule has 0 aliphatic rings. The second kappa shape index (κ2) is 6.33. The van der Waals surface area contributed by atoms with Crippen LogP contribution in [0.15, 0.2) is 24.3 Å². The first-order chi connectivity index (χ1) is 10.7. The summed E-state index contributed by atoms with van der Waals surface area (Å²) >= 11 is 0. The molecule has 1 amide bonds. The highest BCUT2D eigenvalue weighted by Gasteiger charge is 2.11. The molecule has 0 saturated heterocycles. The van der Waals surface area contributed by atoms with Crippen molar-refractivity contribution in [2.75, 3.05) is 6.54 Å². The number of hydrogen-bond donors (Lipinski definition) is 3. The number of nitrogens with one attached hydrogen (secondary N) is 3. The molecule has 1 aromatic carbocycles. The summed E-state index contributed by atoms with van der Waals surface area (Å²) in [7, 11) is 0. The molecular weight excluding hydrogens is 287 g/mol. The Labute approximate surface area is 125 Å². The number of carbonyl (C=O) groups excluding carboxylic acids is 1. The van der Waals surface area contributed by atoms with Crippen molar-refractivity contribution in [2.45, 2.75) is 19.3 Å². The van der Waals surface area contributed by atoms with E-state index in [9.17, 15) is 9.18 Å². The number of aromatic nitrogens is 5. The van der Waals surface area contributed by atoms with E-state index in [0.29, 0.717) is 35.4 Å². The third-order valence-electron chi connectivity index (χ3n) is 3.36. The van der Waals surface area contributed by atoms with Crippen molar-refractivity contribution in [3.05, 3.63) is 41.6 Å². The molecular formula is C14H15FN6O. The summed E-state index contributed by atoms with van der Waals surface area (Å²) in [6.45, 7) is 0.536. The highest BCUT2D eigenvalue weighted by Crippen LogP contribution is 2.18. The molecule has 0 atom stereocenters. The Morgan fingerprint density at radius 1 is 1.32 bits per heavy atom. The van der Waals surface area contributed by atoms with Crippen molar-refractivity contribution in [3.8, 4) is 0 Å². The largest absolute Gasteiger partial charge is 0.351 e. The van der Waals surface area contributed by atoms with E-state index in [1.54, 1.807) is 12.1 Å². The number of tetrazole rings is 1. The Balaban J connectivity index is 1.49. The second-order valence-electron chi connectivity index (χ2n) is 4.93. The molecule has 2 heterocycles. The molecule has 0 saturated carbocycles. The van der Waals surface area contributed by atoms with Crippen molar-refractivity contribution in [1.29, 1.82) is 0 Å². The number of unbranched alkanes of at least 4 members (excludes halogenated alkanes) is 1. The van der Waals surface area contributed by atoms with Gasteiger partial charge in [-0.1, -0.05) is 11.3 Å². The lowest BCUT2D eigenvalue weighted by Gasteiger charge is -2.02. The van der Waals surface area contributed by atoms with Gasteiger partial charge in [-0.25, -0.2) is 4.39 Å². The van der Waals surface area contributed by atoms with Crippen molar-refractivity contribution >= 4 is 16.8 Å². The lowest BCUT2D eigenvalue weighted by atomic mass is 10.2. The maximum Gasteiger partial charge on any atom is 0.267 e. The summed E-state index contributed by atoms with van der Waals surface area (Å²) in [6, 6.07) is 6.24. The van der Waals surface area contributed by atoms with E-state index in [1.165, 1.54) is 12.1 Å². The summed E-state index contributed by atoms with van der Waals surface area (Å²) in [5.74, 6) is 0.0838. The van der Waals surface area contributed by atoms with Crippen molar-refractivity contribution in [2.24, 2.45) is 0 Å². The van der Waals surface area contributed by atoms with Gasteiger partial charge in [-0.15, -0.1) is 10.2 Å². The van der Waals surface area contributed by atoms with Gasteiger partial charge in [0.05, 0.1) is 0 Å². The van der Waals surface area contributed by atoms with E-state index in [0.717, 1.165) is 12.8 Å². The normalized spacial score (nSPS) is 11.0. The van der Waals surface area contributed by atoms with Crippen LogP contribution in [-0.2, 0) is 6.42 Å². The number of aromatic amines is 2. The number of rotatable bonds is 6. The Morgan fingerprint density at radius 2 is 2.23 bits per heavy atom. The zero-order valence-corrected chi connectivity index (χ0v) is 11.8. The predicted octanol–water partition coefficient (Wildman–Crippen LogP) is 1.57. The monoisotopic (exact) mass is 302 g/mol. The molecule has 0 aliphatic carbocycles. The van der Waals surface area contributed by atoms with Crippen LogP contribution in [0.2, 0.25) is 0 Å². The molecule has 0 bridgehead atoms. The Bertz CT molecular complexity index is 767. The molecule has 0 unspecified atom stereocenters. The fraction of sp³-hybridized carbons (Fsp3) is 0.286. The number of carbonyl (C=O) groups is 1. The molecule has 0 radical (unpaired) electrons. The summed E-state index contributed by atoms with van der Waals surface area (Å²) in [5, 5.41) is 16.8. The van der Waals surface area contributed by atoms with Crippen molar-refractivity contribution in [3.63, 3.8) is 0 Å². The first kappa shape index (κ1) is 14.2. The summed E-state index contributed by atoms with van der Waals surface area (Å²) in [6.07, 6.45) is 2.36. The lowest BCUT2D eigenvalue weighted by Crippen LogP contribution is -2.24. The number of fused-ring (bicyclic) bond motifs is 1. The van der Waals surface area contributed by atoms with Crippen LogP contribution in [0.25, 0.3) is 10.9 Å². The van der Waals surface area contributed by atoms with E-state index < -0.39 is 0 Å². The molecule has 0 spiro atoms. The topological polar surface area (TPSA) is 99.3 Å². The molecule has 114 valence electrons. The van der Waals surface area contributed by atoms with Crippen LogP contribution in [0.3, 0.4) is 0 Å². The number of hydrogen-bond acceptors (Lipinski definition) is 4. The third-order valence-corrected chi connectivity index (χ3v) is 3.36. The number of H-pyrrole nitrogens is 2. The fourth-order valence-electron chi connectivity index (χ4n) is 2.23. The molecule has 22 heavy (non-hydrogen) atoms. The van der Waals surface area contributed by atoms with Crippen LogP contribution in [0.1, 0.15) is 29.2 Å². The van der Waals surface area contributed by atoms with Crippen LogP contribution in [0.4, 0.5) is 4.39 Å². The van der Waals surface area contributed by atoms with Gasteiger partial charge < -0.3 is 10.3 Å². The van der Waals surface area contributed by atoms with E-state index in [1.807, 2.05) is 0 Å². The van der Waals surface area contributed by atoms with Gasteiger partial charge in [0.15, 0.2) is 5.82 Å². The zero-order chi connectivity index (χ0) is 15.4. The van der Waals surface area contributed by atoms with Crippen LogP contribution in [-0.4, -0.2) is 38.1 Å². The van der Waals surface area contributed by atoms with Gasteiger partial charge in [-0.3, -0.25) is 4.79 Å². The average molecular weight is 302 g/mol. The highest BCUT2D eigenvalue weighted by atomic mass is 19.1. The smallest absolute Gasteiger partial charge is 0.267 e. The lowest BCUT2D eigenvalue weighted by molar-refractivity contribution is 0.0949. The minimum absolute atomic E-state index is 0.241. The van der Waals surface area contributed by atoms with Gasteiger partial charge >= 0.3 is 0 Å². The Kier molecular flexibility index (Phi) is 4.08. The molecule has 2 aromatic heterocycles. The number of halogens is 1. The molecule has 3 N–H and O–H groups in total. The predicted molar refractivity (Wildman–Crippen MR) is 77.7 cm³/mol. The summed E-state index contributed by atoms with van der Waals surface area (Å²) < 4.78 is 13.6. The van der Waals surface area contributed by atoms with E-state index in [2.05, 4.69) is 30.9 Å². The summed E-state index contributed by atoms with van der Waals surface area (Å²) in [4.78, 5) is 14.9. The Morgan fingerprint density at radius 3 is 3.00 bits per heavy atom. The molecule has 8 heteroatoms. The number of benzene rings is 1. The Hall–Kier alpha value is -2.77. The molecule has 0 fully saturated rings. The maximum atomic E-state index is 13.6. The fourth-order valence-corrected chi connectivity index (χ4v) is 2.23. The van der Waals surface area contributed by atoms with Crippen LogP contribution in [0, 0.1) is 5.82 Å². The first-order valence-electron chi connectivity index (χ1n) is 7.02. The van der Waals surface area contributed by atoms with E-state index in [4.69, 9.17) is 0 Å². The molecule has 3 aromatic rings. The first-order valence-corrected chi connectivity index (χ1v) is 7.02. The van der Waals surface area contributed by atoms with Gasteiger partial charge in [0.25, 0.3) is 5.91 Å². The maximum absolute atomic E-state index is 13.6. The zero-order valence-electron chi connectivity index (χ0n) is 11.8. The summed E-state index contributed by atoms with van der Waals surface area (Å²) in [5.41, 5.74) is 0.973. The van der Waals surface area contributed by atoms with Crippen molar-refractivity contribution < 1.29 is 9.18 Å². The SMILES string of the molecule is O=C(NCCCCc1nn[nH]n1)c1cc2c(F)cccc2[nH]1. The van der Waals surface area contributed by atoms with E-state index in [-0.39, 0.29) is 11.7 Å². The van der Waals surface area contributed by atoms with Gasteiger partial charge in [0.1, 0.15) is 11.5 Å². The van der Waals surface area contributed by atoms with Gasteiger partial charge in [-0.2, -0.15) is 5.21 Å². The number of amides is 1. The third kappa shape index (κ3) is 3.11. The molecule has 7 nitrogen and oxygen atoms in total. The van der Waals surface area contributed by atoms with Crippen molar-refractivity contribution in [1.82, 2.24) is 30.9 Å². The minimum Gasteiger partial charge on any atom is -0.351 e. The average Bonchev–Trinajstić information content (AvgIpc) is 3.16. The molecule has 3 rings (SSSR count). The standard InChI is InChI=1S/C14H15FN6O/c15-10-4-3-5-11-9(10)8-12(17-11)14(22)16-7-2-1-6-13-18-20-21-19-13/h3-5,8,17H,1-2,6-7H2,(H,16,22)(H,18,19,20,21). The van der Waals surface area contributed by atoms with Gasteiger partial charge in [-0.05, 0) is 31.0 Å². The van der Waals surface area contributed by atoms with Gasteiger partial charge in [0, 0.05) is 23.9 Å². The van der Waals surface area contributed by atoms with Crippen LogP contribution in [0.5, 0.6) is 0 Å². The minimum atomic E-state index is -0.340. The molecule has 0 aliphatic heterocycles. The van der Waals surface area contributed by atoms with Crippen LogP contribution >= 0.6 is 0 Å². The van der Waals surface area contributed by atoms with Crippen LogP contribution < -0.4 is 5.32 Å². The van der Waals surface area contributed by atoms with E-state index >= 15 is 0 Å². The quantitative estimate of drug-likeness (QED) is 0.602.